The van der Waals surface area contributed by atoms with Crippen LogP contribution in [0.1, 0.15) is 24.5 Å². The Bertz CT molecular complexity index is 728. The minimum Gasteiger partial charge on any atom is -0.380 e. The van der Waals surface area contributed by atoms with Gasteiger partial charge in [0.2, 0.25) is 5.91 Å². The van der Waals surface area contributed by atoms with Gasteiger partial charge in [-0.3, -0.25) is 14.9 Å². The first-order valence-corrected chi connectivity index (χ1v) is 7.53. The van der Waals surface area contributed by atoms with Crippen LogP contribution in [-0.4, -0.2) is 21.5 Å². The van der Waals surface area contributed by atoms with Gasteiger partial charge in [0.1, 0.15) is 5.60 Å². The maximum absolute atomic E-state index is 12.2. The number of hydrogen-bond acceptors (Lipinski definition) is 4. The van der Waals surface area contributed by atoms with Crippen LogP contribution in [0.2, 0.25) is 0 Å². The van der Waals surface area contributed by atoms with E-state index in [1.165, 1.54) is 25.1 Å². The number of aliphatic hydroxyl groups is 1. The fraction of sp³-hybridized carbons (Fsp3) is 0.278. The van der Waals surface area contributed by atoms with Crippen molar-refractivity contribution in [3.63, 3.8) is 0 Å². The van der Waals surface area contributed by atoms with E-state index in [0.29, 0.717) is 12.1 Å². The molecule has 7 heteroatoms. The molecule has 0 fully saturated rings. The average molecular weight is 416 g/mol. The second-order valence-corrected chi connectivity index (χ2v) is 5.93. The summed E-state index contributed by atoms with van der Waals surface area (Å²) in [4.78, 5) is 22.2. The van der Waals surface area contributed by atoms with Crippen molar-refractivity contribution in [3.05, 3.63) is 69.8 Å². The number of rotatable bonds is 6. The Morgan fingerprint density at radius 1 is 1.28 bits per heavy atom. The molecule has 129 valence electrons. The Kier molecular flexibility index (Phi) is 7.86. The summed E-state index contributed by atoms with van der Waals surface area (Å²) in [5, 5.41) is 23.5. The molecule has 2 aromatic carbocycles. The Balaban J connectivity index is 0.00000312. The summed E-state index contributed by atoms with van der Waals surface area (Å²) in [7, 11) is 0. The van der Waals surface area contributed by atoms with Gasteiger partial charge in [-0.15, -0.1) is 12.1 Å². The van der Waals surface area contributed by atoms with E-state index in [1.54, 1.807) is 0 Å². The smallest absolute Gasteiger partial charge is 0.245 e. The third kappa shape index (κ3) is 6.31. The van der Waals surface area contributed by atoms with Gasteiger partial charge < -0.3 is 10.4 Å². The van der Waals surface area contributed by atoms with Gasteiger partial charge in [0.05, 0.1) is 0 Å². The summed E-state index contributed by atoms with van der Waals surface area (Å²) in [6.45, 7) is 3.44. The topological polar surface area (TPSA) is 92.5 Å². The van der Waals surface area contributed by atoms with E-state index in [4.69, 9.17) is 0 Å². The van der Waals surface area contributed by atoms with Crippen molar-refractivity contribution < 1.29 is 47.5 Å². The first-order valence-electron chi connectivity index (χ1n) is 7.53. The fourth-order valence-corrected chi connectivity index (χ4v) is 2.13. The monoisotopic (exact) mass is 416 g/mol. The molecule has 0 heterocycles. The van der Waals surface area contributed by atoms with E-state index in [0.717, 1.165) is 11.1 Å². The van der Waals surface area contributed by atoms with Crippen LogP contribution in [0.25, 0.3) is 0 Å². The number of nitrogens with one attached hydrogen (secondary N) is 1. The molecule has 0 aromatic heterocycles. The first kappa shape index (κ1) is 21.4. The van der Waals surface area contributed by atoms with Crippen LogP contribution < -0.4 is 5.32 Å². The predicted molar refractivity (Wildman–Crippen MR) is 90.7 cm³/mol. The first-order chi connectivity index (χ1) is 11.3. The molecular weight excluding hydrogens is 397 g/mol. The van der Waals surface area contributed by atoms with Crippen molar-refractivity contribution in [2.24, 2.45) is 0 Å². The number of carbonyl (C=O) groups is 1. The largest absolute Gasteiger partial charge is 0.380 e. The van der Waals surface area contributed by atoms with E-state index in [-0.39, 0.29) is 44.8 Å². The van der Waals surface area contributed by atoms with Crippen molar-refractivity contribution in [3.8, 4) is 0 Å². The molecule has 0 saturated carbocycles. The molecule has 0 saturated heterocycles. The van der Waals surface area contributed by atoms with Gasteiger partial charge in [-0.1, -0.05) is 47.6 Å². The number of hydrogen-bond donors (Lipinski definition) is 2. The molecular formula is C18H19N2O4Y-. The molecule has 0 aliphatic heterocycles. The minimum atomic E-state index is -1.55. The molecule has 0 aliphatic rings. The van der Waals surface area contributed by atoms with Crippen molar-refractivity contribution in [1.29, 1.82) is 0 Å². The van der Waals surface area contributed by atoms with Crippen LogP contribution in [-0.2, 0) is 43.9 Å². The molecule has 2 rings (SSSR count). The van der Waals surface area contributed by atoms with Crippen LogP contribution in [0.15, 0.2) is 42.5 Å². The molecule has 0 unspecified atom stereocenters. The van der Waals surface area contributed by atoms with Crippen molar-refractivity contribution in [1.82, 2.24) is 0 Å². The van der Waals surface area contributed by atoms with Crippen LogP contribution >= 0.6 is 0 Å². The average Bonchev–Trinajstić information content (AvgIpc) is 2.55. The Labute approximate surface area is 171 Å². The summed E-state index contributed by atoms with van der Waals surface area (Å²) < 4.78 is 0. The number of aryl methyl sites for hydroxylation is 2. The second-order valence-electron chi connectivity index (χ2n) is 5.93. The van der Waals surface area contributed by atoms with Gasteiger partial charge >= 0.3 is 0 Å². The molecule has 0 aliphatic carbocycles. The molecule has 6 nitrogen and oxygen atoms in total. The van der Waals surface area contributed by atoms with E-state index >= 15 is 0 Å². The summed E-state index contributed by atoms with van der Waals surface area (Å²) in [6, 6.07) is 14.3. The molecule has 0 bridgehead atoms. The zero-order chi connectivity index (χ0) is 17.7. The Morgan fingerprint density at radius 3 is 2.44 bits per heavy atom. The van der Waals surface area contributed by atoms with E-state index < -0.39 is 16.4 Å². The van der Waals surface area contributed by atoms with E-state index in [9.17, 15) is 20.0 Å². The molecule has 2 N–H and O–H groups in total. The summed E-state index contributed by atoms with van der Waals surface area (Å²) in [6.07, 6.45) is 0.825. The summed E-state index contributed by atoms with van der Waals surface area (Å²) in [5.41, 5.74) is 0.808. The molecule has 2 aromatic rings. The number of benzene rings is 2. The Morgan fingerprint density at radius 2 is 1.92 bits per heavy atom. The van der Waals surface area contributed by atoms with Gasteiger partial charge in [-0.2, -0.15) is 0 Å². The van der Waals surface area contributed by atoms with E-state index in [2.05, 4.69) is 11.4 Å². The third-order valence-electron chi connectivity index (χ3n) is 3.76. The third-order valence-corrected chi connectivity index (χ3v) is 3.76. The number of non-ortho nitro benzene ring substituents is 1. The Hall–Kier alpha value is -1.63. The standard InChI is InChI=1S/C18H19N2O4.Y/c1-13-3-5-14(6-4-13)11-12-18(2,22)17(21)19-15-7-9-16(10-8-15)20(23)24;/h3-9,22H,11-12H2,1-2H3,(H,19,21);/q-1;/t18-;/m0./s1. The fourth-order valence-electron chi connectivity index (χ4n) is 2.13. The normalized spacial score (nSPS) is 12.6. The number of nitro benzene ring substituents is 1. The van der Waals surface area contributed by atoms with Crippen molar-refractivity contribution in [2.45, 2.75) is 32.3 Å². The van der Waals surface area contributed by atoms with Crippen LogP contribution in [0.4, 0.5) is 11.4 Å². The quantitative estimate of drug-likeness (QED) is 0.430. The van der Waals surface area contributed by atoms with Crippen LogP contribution in [0.5, 0.6) is 0 Å². The maximum atomic E-state index is 12.2. The summed E-state index contributed by atoms with van der Waals surface area (Å²) in [5.74, 6) is -0.558. The van der Waals surface area contributed by atoms with E-state index in [1.807, 2.05) is 31.2 Å². The zero-order valence-corrected chi connectivity index (χ0v) is 17.0. The minimum absolute atomic E-state index is 0. The SMILES string of the molecule is Cc1ccc(CC[C@](C)(O)C(=O)Nc2c[c-]c([N+](=O)[O-])cc2)cc1.[Y]. The number of nitro groups is 1. The number of nitrogens with zero attached hydrogens (tertiary/aromatic N) is 1. The second kappa shape index (κ2) is 9.18. The number of carbonyl (C=O) groups excluding carboxylic acids is 1. The molecule has 1 radical (unpaired) electrons. The van der Waals surface area contributed by atoms with Gasteiger partial charge in [0, 0.05) is 37.6 Å². The molecule has 25 heavy (non-hydrogen) atoms. The van der Waals surface area contributed by atoms with Crippen LogP contribution in [0, 0.1) is 23.1 Å². The van der Waals surface area contributed by atoms with Gasteiger partial charge in [-0.05, 0) is 32.3 Å². The number of anilines is 1. The van der Waals surface area contributed by atoms with Crippen molar-refractivity contribution >= 4 is 17.3 Å². The van der Waals surface area contributed by atoms with Gasteiger partial charge in [-0.25, -0.2) is 0 Å². The molecule has 1 amide bonds. The molecule has 0 spiro atoms. The van der Waals surface area contributed by atoms with Gasteiger partial charge in [0.15, 0.2) is 5.69 Å². The zero-order valence-electron chi connectivity index (χ0n) is 14.2. The van der Waals surface area contributed by atoms with Gasteiger partial charge in [0.25, 0.3) is 0 Å². The summed E-state index contributed by atoms with van der Waals surface area (Å²) >= 11 is 0. The van der Waals surface area contributed by atoms with Crippen molar-refractivity contribution in [2.75, 3.05) is 5.32 Å². The maximum Gasteiger partial charge on any atom is 0.245 e. The number of amides is 1. The van der Waals surface area contributed by atoms with Crippen LogP contribution in [0.3, 0.4) is 0 Å². The predicted octanol–water partition coefficient (Wildman–Crippen LogP) is 3.02. The molecule has 1 atom stereocenters.